The highest BCUT2D eigenvalue weighted by Crippen LogP contribution is 2.31. The number of nitrogens with zero attached hydrogens (tertiary/aromatic N) is 1. The summed E-state index contributed by atoms with van der Waals surface area (Å²) in [6, 6.07) is 16.7. The molecule has 1 atom stereocenters. The molecule has 1 saturated heterocycles. The Morgan fingerprint density at radius 3 is 2.35 bits per heavy atom. The molecule has 1 amide bonds. The fraction of sp³-hybridized carbons (Fsp3) is 0.296. The fourth-order valence-corrected chi connectivity index (χ4v) is 5.39. The first-order chi connectivity index (χ1) is 17.5. The maximum Gasteiger partial charge on any atom is 0.416 e. The van der Waals surface area contributed by atoms with Crippen molar-refractivity contribution in [3.8, 4) is 0 Å². The lowest BCUT2D eigenvalue weighted by Gasteiger charge is -2.30. The number of anilines is 2. The molecule has 10 heteroatoms. The van der Waals surface area contributed by atoms with Crippen LogP contribution < -0.4 is 10.0 Å². The first-order valence-corrected chi connectivity index (χ1v) is 13.4. The van der Waals surface area contributed by atoms with E-state index in [1.165, 1.54) is 43.2 Å². The number of likely N-dealkylation sites (tertiary alicyclic amines) is 1. The second kappa shape index (κ2) is 10.9. The Morgan fingerprint density at radius 1 is 1.00 bits per heavy atom. The summed E-state index contributed by atoms with van der Waals surface area (Å²) in [5.41, 5.74) is 0.826. The molecule has 3 aromatic rings. The molecule has 196 valence electrons. The number of halogens is 3. The standard InChI is InChI=1S/C27H28F3N3O3S/c1-19-4-3-15-33(17-19)18-20-7-9-21(10-8-20)26(34)31-23-11-13-25(14-12-23)37(35,36)32-24-6-2-5-22(16-24)27(28,29)30/h2,5-14,16,19,32H,3-4,15,17-18H2,1H3,(H,31,34)/t19-/m0/s1. The van der Waals surface area contributed by atoms with Gasteiger partial charge >= 0.3 is 6.18 Å². The maximum atomic E-state index is 12.9. The summed E-state index contributed by atoms with van der Waals surface area (Å²) in [6.45, 7) is 5.25. The number of hydrogen-bond donors (Lipinski definition) is 2. The van der Waals surface area contributed by atoms with Crippen LogP contribution in [0.25, 0.3) is 0 Å². The van der Waals surface area contributed by atoms with E-state index in [1.807, 2.05) is 12.1 Å². The minimum atomic E-state index is -4.59. The number of carbonyl (C=O) groups is 1. The minimum Gasteiger partial charge on any atom is -0.322 e. The molecule has 3 aromatic carbocycles. The van der Waals surface area contributed by atoms with Gasteiger partial charge in [0.1, 0.15) is 0 Å². The lowest BCUT2D eigenvalue weighted by molar-refractivity contribution is -0.137. The molecule has 0 spiro atoms. The van der Waals surface area contributed by atoms with Gasteiger partial charge in [-0.05, 0) is 85.5 Å². The van der Waals surface area contributed by atoms with Crippen LogP contribution >= 0.6 is 0 Å². The van der Waals surface area contributed by atoms with E-state index in [4.69, 9.17) is 0 Å². The number of nitrogens with one attached hydrogen (secondary N) is 2. The van der Waals surface area contributed by atoms with E-state index in [-0.39, 0.29) is 16.5 Å². The number of benzene rings is 3. The van der Waals surface area contributed by atoms with E-state index in [2.05, 4.69) is 21.9 Å². The molecule has 1 fully saturated rings. The third-order valence-corrected chi connectivity index (χ3v) is 7.63. The van der Waals surface area contributed by atoms with E-state index in [1.54, 1.807) is 12.1 Å². The Bertz CT molecular complexity index is 1340. The molecule has 1 aliphatic rings. The molecule has 4 rings (SSSR count). The second-order valence-electron chi connectivity index (χ2n) is 9.34. The molecular formula is C27H28F3N3O3S. The number of alkyl halides is 3. The van der Waals surface area contributed by atoms with Crippen LogP contribution in [0.2, 0.25) is 0 Å². The topological polar surface area (TPSA) is 78.5 Å². The lowest BCUT2D eigenvalue weighted by atomic mass is 9.99. The van der Waals surface area contributed by atoms with Crippen molar-refractivity contribution in [2.45, 2.75) is 37.4 Å². The van der Waals surface area contributed by atoms with Gasteiger partial charge in [0.05, 0.1) is 10.5 Å². The molecule has 0 bridgehead atoms. The van der Waals surface area contributed by atoms with Crippen molar-refractivity contribution in [3.05, 3.63) is 89.5 Å². The van der Waals surface area contributed by atoms with Crippen LogP contribution in [0.15, 0.2) is 77.7 Å². The Kier molecular flexibility index (Phi) is 7.89. The molecule has 0 saturated carbocycles. The van der Waals surface area contributed by atoms with E-state index in [0.29, 0.717) is 17.2 Å². The predicted molar refractivity (Wildman–Crippen MR) is 137 cm³/mol. The molecule has 1 aliphatic heterocycles. The molecule has 0 radical (unpaired) electrons. The summed E-state index contributed by atoms with van der Waals surface area (Å²) in [5.74, 6) is 0.354. The van der Waals surface area contributed by atoms with Crippen LogP contribution in [-0.2, 0) is 22.7 Å². The zero-order chi connectivity index (χ0) is 26.6. The van der Waals surface area contributed by atoms with Gasteiger partial charge in [0, 0.05) is 30.0 Å². The summed E-state index contributed by atoms with van der Waals surface area (Å²) in [5, 5.41) is 2.73. The van der Waals surface area contributed by atoms with Gasteiger partial charge < -0.3 is 5.32 Å². The van der Waals surface area contributed by atoms with Crippen molar-refractivity contribution in [1.29, 1.82) is 0 Å². The van der Waals surface area contributed by atoms with Crippen molar-refractivity contribution < 1.29 is 26.4 Å². The Morgan fingerprint density at radius 2 is 1.70 bits per heavy atom. The van der Waals surface area contributed by atoms with E-state index < -0.39 is 21.8 Å². The van der Waals surface area contributed by atoms with Crippen molar-refractivity contribution in [3.63, 3.8) is 0 Å². The average molecular weight is 532 g/mol. The summed E-state index contributed by atoms with van der Waals surface area (Å²) in [6.07, 6.45) is -2.13. The summed E-state index contributed by atoms with van der Waals surface area (Å²) < 4.78 is 66.1. The molecule has 0 aliphatic carbocycles. The van der Waals surface area contributed by atoms with Gasteiger partial charge in [0.15, 0.2) is 0 Å². The number of hydrogen-bond acceptors (Lipinski definition) is 4. The molecule has 6 nitrogen and oxygen atoms in total. The van der Waals surface area contributed by atoms with Gasteiger partial charge in [-0.15, -0.1) is 0 Å². The van der Waals surface area contributed by atoms with Crippen LogP contribution in [-0.4, -0.2) is 32.3 Å². The summed E-state index contributed by atoms with van der Waals surface area (Å²) in [4.78, 5) is 14.9. The zero-order valence-corrected chi connectivity index (χ0v) is 21.1. The smallest absolute Gasteiger partial charge is 0.322 e. The van der Waals surface area contributed by atoms with Crippen LogP contribution in [0.3, 0.4) is 0 Å². The van der Waals surface area contributed by atoms with Gasteiger partial charge in [-0.1, -0.05) is 25.1 Å². The maximum absolute atomic E-state index is 12.9. The molecule has 1 heterocycles. The Balaban J connectivity index is 1.37. The van der Waals surface area contributed by atoms with E-state index >= 15 is 0 Å². The quantitative estimate of drug-likeness (QED) is 0.393. The summed E-state index contributed by atoms with van der Waals surface area (Å²) in [7, 11) is -4.13. The van der Waals surface area contributed by atoms with Crippen LogP contribution in [0.4, 0.5) is 24.5 Å². The van der Waals surface area contributed by atoms with Gasteiger partial charge in [-0.2, -0.15) is 13.2 Å². The first kappa shape index (κ1) is 26.7. The average Bonchev–Trinajstić information content (AvgIpc) is 2.84. The molecule has 37 heavy (non-hydrogen) atoms. The van der Waals surface area contributed by atoms with Crippen molar-refractivity contribution in [2.24, 2.45) is 5.92 Å². The number of sulfonamides is 1. The monoisotopic (exact) mass is 531 g/mol. The van der Waals surface area contributed by atoms with Crippen LogP contribution in [0.1, 0.15) is 41.3 Å². The zero-order valence-electron chi connectivity index (χ0n) is 20.3. The fourth-order valence-electron chi connectivity index (χ4n) is 4.34. The second-order valence-corrected chi connectivity index (χ2v) is 11.0. The third-order valence-electron chi connectivity index (χ3n) is 6.23. The van der Waals surface area contributed by atoms with Gasteiger partial charge in [-0.3, -0.25) is 14.4 Å². The van der Waals surface area contributed by atoms with E-state index in [0.717, 1.165) is 43.4 Å². The molecule has 0 aromatic heterocycles. The largest absolute Gasteiger partial charge is 0.416 e. The van der Waals surface area contributed by atoms with Crippen molar-refractivity contribution in [2.75, 3.05) is 23.1 Å². The van der Waals surface area contributed by atoms with Gasteiger partial charge in [-0.25, -0.2) is 8.42 Å². The predicted octanol–water partition coefficient (Wildman–Crippen LogP) is 5.99. The normalized spacial score (nSPS) is 16.8. The number of rotatable bonds is 7. The molecule has 2 N–H and O–H groups in total. The van der Waals surface area contributed by atoms with Crippen LogP contribution in [0, 0.1) is 5.92 Å². The van der Waals surface area contributed by atoms with Gasteiger partial charge in [0.2, 0.25) is 0 Å². The highest BCUT2D eigenvalue weighted by molar-refractivity contribution is 7.92. The Labute approximate surface area is 214 Å². The highest BCUT2D eigenvalue weighted by Gasteiger charge is 2.30. The molecule has 0 unspecified atom stereocenters. The third kappa shape index (κ3) is 7.11. The van der Waals surface area contributed by atoms with Crippen molar-refractivity contribution >= 4 is 27.3 Å². The van der Waals surface area contributed by atoms with Crippen LogP contribution in [0.5, 0.6) is 0 Å². The number of amides is 1. The lowest BCUT2D eigenvalue weighted by Crippen LogP contribution is -2.33. The first-order valence-electron chi connectivity index (χ1n) is 11.9. The summed E-state index contributed by atoms with van der Waals surface area (Å²) >= 11 is 0. The van der Waals surface area contributed by atoms with E-state index in [9.17, 15) is 26.4 Å². The molecular weight excluding hydrogens is 503 g/mol. The Hall–Kier alpha value is -3.37. The number of carbonyl (C=O) groups excluding carboxylic acids is 1. The van der Waals surface area contributed by atoms with Crippen molar-refractivity contribution in [1.82, 2.24) is 4.90 Å². The van der Waals surface area contributed by atoms with Gasteiger partial charge in [0.25, 0.3) is 15.9 Å². The minimum absolute atomic E-state index is 0.153. The number of piperidine rings is 1. The SMILES string of the molecule is C[C@H]1CCCN(Cc2ccc(C(=O)Nc3ccc(S(=O)(=O)Nc4cccc(C(F)(F)F)c4)cc3)cc2)C1. The highest BCUT2D eigenvalue weighted by atomic mass is 32.2.